The fourth-order valence-electron chi connectivity index (χ4n) is 6.82. The second-order valence-corrected chi connectivity index (χ2v) is 14.7. The van der Waals surface area contributed by atoms with E-state index in [9.17, 15) is 14.4 Å². The zero-order valence-electron chi connectivity index (χ0n) is 35.4. The number of aromatic amines is 2. The third kappa shape index (κ3) is 13.0. The number of fused-ring (bicyclic) bond motifs is 3. The average Bonchev–Trinajstić information content (AvgIpc) is 4.03. The molecule has 5 N–H and O–H groups in total. The van der Waals surface area contributed by atoms with Crippen LogP contribution in [0, 0.1) is 17.8 Å². The molecule has 1 saturated heterocycles. The molecular formula is C44H59N9O6. The van der Waals surface area contributed by atoms with Crippen LogP contribution in [0.15, 0.2) is 42.7 Å². The topological polar surface area (TPSA) is 196 Å². The number of pyridine rings is 1. The minimum atomic E-state index is -0.673. The number of H-pyrrole nitrogens is 2. The molecule has 2 aliphatic rings. The second kappa shape index (κ2) is 23.4. The number of likely N-dealkylation sites (tertiary alicyclic amines) is 1. The van der Waals surface area contributed by atoms with Crippen molar-refractivity contribution < 1.29 is 28.7 Å². The first-order valence-corrected chi connectivity index (χ1v) is 20.3. The van der Waals surface area contributed by atoms with E-state index in [1.165, 1.54) is 26.2 Å². The van der Waals surface area contributed by atoms with Gasteiger partial charge in [0.1, 0.15) is 23.4 Å². The Balaban J connectivity index is 0.00000102. The fraction of sp³-hybridized carbons (Fsp3) is 0.477. The number of carbonyl (C=O) groups excluding carboxylic acids is 4. The molecule has 0 radical (unpaired) electrons. The smallest absolute Gasteiger partial charge is 0.407 e. The number of unbranched alkanes of at least 4 members (excludes halogenated alkanes) is 1. The molecule has 15 heteroatoms. The van der Waals surface area contributed by atoms with Crippen LogP contribution in [0.5, 0.6) is 0 Å². The van der Waals surface area contributed by atoms with E-state index in [2.05, 4.69) is 78.4 Å². The molecule has 1 aliphatic carbocycles. The van der Waals surface area contributed by atoms with Gasteiger partial charge in [-0.05, 0) is 87.2 Å². The molecule has 4 aromatic rings. The standard InChI is InChI=1S/C39H47N9O4.C3H8.C2H4O2/c1-24(2)35(47-39(51)52-4)38(50)48-19-7-8-32(48)37-45-30-17-13-26-20-25(11-16-29(26)36(30)46-37)10-14-28-15-12-27(21-42-28)31-22-43-33(44-31)9-5-6-18-41-34(49)23-40-3;1-3-2;1-4-2-3/h11-12,15-16,20-22,24,32,35,40H,5-9,13,17-19,23H2,1-4H3,(H,41,49)(H,43,44)(H,45,46)(H,47,51);3H2,1-2H3;2H,1H3. The number of likely N-dealkylation sites (N-methyl/N-ethyl adjacent to an activating group) is 1. The summed E-state index contributed by atoms with van der Waals surface area (Å²) < 4.78 is 8.63. The summed E-state index contributed by atoms with van der Waals surface area (Å²) in [6, 6.07) is 9.29. The van der Waals surface area contributed by atoms with Gasteiger partial charge >= 0.3 is 6.09 Å². The van der Waals surface area contributed by atoms with Gasteiger partial charge < -0.3 is 40.3 Å². The Labute approximate surface area is 347 Å². The molecule has 59 heavy (non-hydrogen) atoms. The van der Waals surface area contributed by atoms with Crippen molar-refractivity contribution in [1.82, 2.24) is 45.8 Å². The molecule has 6 rings (SSSR count). The highest BCUT2D eigenvalue weighted by Gasteiger charge is 2.38. The zero-order chi connectivity index (χ0) is 42.7. The van der Waals surface area contributed by atoms with Crippen LogP contribution < -0.4 is 16.0 Å². The number of hydrogen-bond acceptors (Lipinski definition) is 10. The Kier molecular flexibility index (Phi) is 18.1. The van der Waals surface area contributed by atoms with Crippen molar-refractivity contribution >= 4 is 24.4 Å². The first kappa shape index (κ1) is 45.7. The highest BCUT2D eigenvalue weighted by atomic mass is 16.5. The maximum atomic E-state index is 13.6. The van der Waals surface area contributed by atoms with Crippen molar-refractivity contribution in [1.29, 1.82) is 0 Å². The van der Waals surface area contributed by atoms with E-state index in [4.69, 9.17) is 14.5 Å². The largest absolute Gasteiger partial charge is 0.471 e. The van der Waals surface area contributed by atoms with Crippen LogP contribution in [0.4, 0.5) is 4.79 Å². The number of rotatable bonds is 13. The van der Waals surface area contributed by atoms with Gasteiger partial charge in [-0.1, -0.05) is 46.1 Å². The molecule has 0 saturated carbocycles. The summed E-state index contributed by atoms with van der Waals surface area (Å²) in [5.41, 5.74) is 7.71. The normalized spacial score (nSPS) is 14.2. The number of methoxy groups -OCH3 is 2. The summed E-state index contributed by atoms with van der Waals surface area (Å²) in [5, 5.41) is 8.45. The molecule has 2 atom stereocenters. The van der Waals surface area contributed by atoms with Crippen LogP contribution in [0.2, 0.25) is 0 Å². The van der Waals surface area contributed by atoms with Crippen LogP contribution in [-0.4, -0.2) is 101 Å². The molecule has 316 valence electrons. The van der Waals surface area contributed by atoms with Gasteiger partial charge in [0.15, 0.2) is 0 Å². The van der Waals surface area contributed by atoms with Gasteiger partial charge in [-0.2, -0.15) is 0 Å². The van der Waals surface area contributed by atoms with Crippen LogP contribution in [0.3, 0.4) is 0 Å². The van der Waals surface area contributed by atoms with Crippen LogP contribution in [0.1, 0.15) is 100 Å². The fourth-order valence-corrected chi connectivity index (χ4v) is 6.82. The van der Waals surface area contributed by atoms with Gasteiger partial charge in [-0.3, -0.25) is 14.4 Å². The summed E-state index contributed by atoms with van der Waals surface area (Å²) in [6.45, 7) is 10.1. The van der Waals surface area contributed by atoms with Crippen molar-refractivity contribution in [3.8, 4) is 34.4 Å². The number of aryl methyl sites for hydroxylation is 3. The van der Waals surface area contributed by atoms with Crippen LogP contribution in [-0.2, 0) is 43.1 Å². The number of ether oxygens (including phenoxy) is 2. The van der Waals surface area contributed by atoms with E-state index in [-0.39, 0.29) is 23.8 Å². The lowest BCUT2D eigenvalue weighted by atomic mass is 9.91. The summed E-state index contributed by atoms with van der Waals surface area (Å²) in [6.07, 6.45) is 10.2. The van der Waals surface area contributed by atoms with E-state index < -0.39 is 12.1 Å². The molecule has 0 spiro atoms. The maximum Gasteiger partial charge on any atom is 0.407 e. The molecule has 4 heterocycles. The highest BCUT2D eigenvalue weighted by Crippen LogP contribution is 2.37. The van der Waals surface area contributed by atoms with E-state index >= 15 is 0 Å². The number of nitrogens with zero attached hydrogens (tertiary/aromatic N) is 4. The van der Waals surface area contributed by atoms with Gasteiger partial charge in [-0.25, -0.2) is 19.7 Å². The summed E-state index contributed by atoms with van der Waals surface area (Å²) in [4.78, 5) is 69.0. The van der Waals surface area contributed by atoms with E-state index in [1.54, 1.807) is 13.2 Å². The monoisotopic (exact) mass is 809 g/mol. The Morgan fingerprint density at radius 2 is 1.81 bits per heavy atom. The van der Waals surface area contributed by atoms with Gasteiger partial charge in [0.2, 0.25) is 11.8 Å². The lowest BCUT2D eigenvalue weighted by Crippen LogP contribution is -2.51. The van der Waals surface area contributed by atoms with Crippen molar-refractivity contribution in [3.63, 3.8) is 0 Å². The molecule has 3 aromatic heterocycles. The summed E-state index contributed by atoms with van der Waals surface area (Å²) in [5.74, 6) is 7.97. The van der Waals surface area contributed by atoms with Crippen molar-refractivity contribution in [2.75, 3.05) is 40.9 Å². The number of alkyl carbamates (subject to hydrolysis) is 1. The summed E-state index contributed by atoms with van der Waals surface area (Å²) in [7, 11) is 4.37. The van der Waals surface area contributed by atoms with Crippen molar-refractivity contribution in [2.24, 2.45) is 5.92 Å². The Bertz CT molecular complexity index is 2050. The van der Waals surface area contributed by atoms with Gasteiger partial charge in [0.05, 0.1) is 44.4 Å². The third-order valence-electron chi connectivity index (χ3n) is 9.68. The van der Waals surface area contributed by atoms with E-state index in [1.807, 2.05) is 43.1 Å². The molecule has 1 aliphatic heterocycles. The molecule has 1 aromatic carbocycles. The maximum absolute atomic E-state index is 13.6. The minimum absolute atomic E-state index is 0.00631. The molecule has 2 unspecified atom stereocenters. The van der Waals surface area contributed by atoms with Crippen molar-refractivity contribution in [2.45, 2.75) is 91.1 Å². The lowest BCUT2D eigenvalue weighted by molar-refractivity contribution is -0.135. The minimum Gasteiger partial charge on any atom is -0.471 e. The number of amides is 3. The lowest BCUT2D eigenvalue weighted by Gasteiger charge is -2.30. The second-order valence-electron chi connectivity index (χ2n) is 14.7. The number of imidazole rings is 2. The van der Waals surface area contributed by atoms with Gasteiger partial charge in [0.25, 0.3) is 6.47 Å². The highest BCUT2D eigenvalue weighted by molar-refractivity contribution is 5.86. The predicted molar refractivity (Wildman–Crippen MR) is 226 cm³/mol. The molecular weight excluding hydrogens is 751 g/mol. The van der Waals surface area contributed by atoms with E-state index in [0.717, 1.165) is 90.4 Å². The zero-order valence-corrected chi connectivity index (χ0v) is 35.4. The van der Waals surface area contributed by atoms with Crippen molar-refractivity contribution in [3.05, 3.63) is 76.9 Å². The third-order valence-corrected chi connectivity index (χ3v) is 9.68. The predicted octanol–water partition coefficient (Wildman–Crippen LogP) is 5.27. The molecule has 3 amide bonds. The molecule has 0 bridgehead atoms. The van der Waals surface area contributed by atoms with Gasteiger partial charge in [-0.15, -0.1) is 0 Å². The first-order valence-electron chi connectivity index (χ1n) is 20.3. The van der Waals surface area contributed by atoms with Crippen LogP contribution >= 0.6 is 0 Å². The Morgan fingerprint density at radius 1 is 1.03 bits per heavy atom. The number of aromatic nitrogens is 5. The number of benzene rings is 1. The number of hydrogen-bond donors (Lipinski definition) is 5. The number of carbonyl (C=O) groups is 4. The first-order chi connectivity index (χ1) is 28.6. The summed E-state index contributed by atoms with van der Waals surface area (Å²) >= 11 is 0. The molecule has 1 fully saturated rings. The Morgan fingerprint density at radius 3 is 2.49 bits per heavy atom. The molecule has 15 nitrogen and oxygen atoms in total. The van der Waals surface area contributed by atoms with Gasteiger partial charge in [0, 0.05) is 48.1 Å². The number of nitrogens with one attached hydrogen (secondary N) is 5. The Hall–Kier alpha value is -6.01. The quantitative estimate of drug-likeness (QED) is 0.0675. The SMILES string of the molecule is CCC.CNCC(=O)NCCCCc1ncc(-c2ccc(C#Cc3ccc4c(c3)CCc3[nH]c(C5CCCN5C(=O)C(NC(=O)OC)C(C)C)nc3-4)nc2)[nH]1.COC=O. The average molecular weight is 810 g/mol. The van der Waals surface area contributed by atoms with Crippen LogP contribution in [0.25, 0.3) is 22.5 Å². The van der Waals surface area contributed by atoms with E-state index in [0.29, 0.717) is 31.8 Å².